The molecule has 0 saturated carbocycles. The summed E-state index contributed by atoms with van der Waals surface area (Å²) in [5, 5.41) is 11.2. The van der Waals surface area contributed by atoms with Crippen LogP contribution in [0.25, 0.3) is 11.4 Å². The molecule has 8 nitrogen and oxygen atoms in total. The van der Waals surface area contributed by atoms with E-state index in [9.17, 15) is 9.59 Å². The smallest absolute Gasteiger partial charge is 0.271 e. The normalized spacial score (nSPS) is 15.0. The van der Waals surface area contributed by atoms with E-state index in [1.165, 1.54) is 11.8 Å². The number of benzene rings is 2. The first kappa shape index (κ1) is 19.0. The highest BCUT2D eigenvalue weighted by atomic mass is 32.2. The number of nitrogens with zero attached hydrogens (tertiary/aromatic N) is 3. The molecule has 0 aliphatic carbocycles. The highest BCUT2D eigenvalue weighted by Crippen LogP contribution is 2.30. The molecule has 4 rings (SSSR count). The van der Waals surface area contributed by atoms with Crippen molar-refractivity contribution < 1.29 is 19.1 Å². The molecule has 0 unspecified atom stereocenters. The zero-order chi connectivity index (χ0) is 20.2. The van der Waals surface area contributed by atoms with Gasteiger partial charge in [-0.2, -0.15) is 0 Å². The summed E-state index contributed by atoms with van der Waals surface area (Å²) < 4.78 is 12.9. The number of fused-ring (bicyclic) bond motifs is 1. The average Bonchev–Trinajstić information content (AvgIpc) is 3.12. The second-order valence-corrected chi connectivity index (χ2v) is 7.24. The molecule has 2 aromatic carbocycles. The summed E-state index contributed by atoms with van der Waals surface area (Å²) in [7, 11) is 1.83. The van der Waals surface area contributed by atoms with Crippen LogP contribution in [0.1, 0.15) is 0 Å². The van der Waals surface area contributed by atoms with Crippen LogP contribution in [0.15, 0.2) is 59.8 Å². The number of hydrogen-bond acceptors (Lipinski definition) is 7. The van der Waals surface area contributed by atoms with Crippen LogP contribution in [-0.4, -0.2) is 45.0 Å². The molecule has 2 amide bonds. The lowest BCUT2D eigenvalue weighted by Crippen LogP contribution is -2.46. The van der Waals surface area contributed by atoms with E-state index in [0.717, 1.165) is 5.56 Å². The molecule has 1 aromatic heterocycles. The monoisotopic (exact) mass is 410 g/mol. The minimum Gasteiger partial charge on any atom is -0.485 e. The van der Waals surface area contributed by atoms with Crippen LogP contribution in [0, 0.1) is 0 Å². The second-order valence-electron chi connectivity index (χ2n) is 6.30. The van der Waals surface area contributed by atoms with Gasteiger partial charge in [0, 0.05) is 12.6 Å². The molecule has 1 aliphatic rings. The summed E-state index contributed by atoms with van der Waals surface area (Å²) in [6, 6.07) is 16.7. The molecular weight excluding hydrogens is 392 g/mol. The van der Waals surface area contributed by atoms with Crippen LogP contribution in [0.2, 0.25) is 0 Å². The standard InChI is InChI=1S/C20H18N4O4S/c1-24-18(13-7-3-2-4-8-13)22-23-20(24)29-12-17(25)21-19(26)16-11-27-14-9-5-6-10-15(14)28-16/h2-10,16H,11-12H2,1H3,(H,21,25,26)/t16-/m0/s1. The Bertz CT molecular complexity index is 1040. The first-order valence-corrected chi connectivity index (χ1v) is 9.90. The van der Waals surface area contributed by atoms with Crippen LogP contribution in [0.4, 0.5) is 0 Å². The van der Waals surface area contributed by atoms with Gasteiger partial charge in [0.2, 0.25) is 12.0 Å². The number of para-hydroxylation sites is 2. The van der Waals surface area contributed by atoms with Gasteiger partial charge in [0.25, 0.3) is 5.91 Å². The van der Waals surface area contributed by atoms with E-state index in [1.54, 1.807) is 18.2 Å². The number of amides is 2. The number of ether oxygens (including phenoxy) is 2. The molecule has 0 bridgehead atoms. The third-order valence-electron chi connectivity index (χ3n) is 4.26. The fourth-order valence-corrected chi connectivity index (χ4v) is 3.52. The number of nitrogens with one attached hydrogen (secondary N) is 1. The van der Waals surface area contributed by atoms with Crippen LogP contribution in [-0.2, 0) is 16.6 Å². The van der Waals surface area contributed by atoms with Crippen molar-refractivity contribution in [2.75, 3.05) is 12.4 Å². The number of imide groups is 1. The number of hydrogen-bond donors (Lipinski definition) is 1. The fraction of sp³-hybridized carbons (Fsp3) is 0.200. The lowest BCUT2D eigenvalue weighted by Gasteiger charge is -2.25. The van der Waals surface area contributed by atoms with Crippen molar-refractivity contribution in [1.82, 2.24) is 20.1 Å². The molecule has 0 spiro atoms. The second kappa shape index (κ2) is 8.36. The maximum absolute atomic E-state index is 12.3. The van der Waals surface area contributed by atoms with Crippen molar-refractivity contribution in [3.8, 4) is 22.9 Å². The van der Waals surface area contributed by atoms with Gasteiger partial charge in [-0.3, -0.25) is 14.9 Å². The van der Waals surface area contributed by atoms with Crippen molar-refractivity contribution >= 4 is 23.6 Å². The summed E-state index contributed by atoms with van der Waals surface area (Å²) in [6.07, 6.45) is -0.877. The van der Waals surface area contributed by atoms with Crippen molar-refractivity contribution in [1.29, 1.82) is 0 Å². The largest absolute Gasteiger partial charge is 0.485 e. The number of carbonyl (C=O) groups excluding carboxylic acids is 2. The number of aromatic nitrogens is 3. The molecular formula is C20H18N4O4S. The predicted octanol–water partition coefficient (Wildman–Crippen LogP) is 2.06. The number of rotatable bonds is 5. The molecule has 1 atom stereocenters. The van der Waals surface area contributed by atoms with E-state index >= 15 is 0 Å². The zero-order valence-corrected chi connectivity index (χ0v) is 16.4. The van der Waals surface area contributed by atoms with Crippen LogP contribution in [0.5, 0.6) is 11.5 Å². The highest BCUT2D eigenvalue weighted by Gasteiger charge is 2.28. The van der Waals surface area contributed by atoms with Crippen molar-refractivity contribution in [2.24, 2.45) is 7.05 Å². The first-order chi connectivity index (χ1) is 14.1. The molecule has 0 saturated heterocycles. The molecule has 1 aliphatic heterocycles. The number of carbonyl (C=O) groups is 2. The Labute approximate surface area is 171 Å². The Hall–Kier alpha value is -3.33. The van der Waals surface area contributed by atoms with Crippen molar-refractivity contribution in [3.63, 3.8) is 0 Å². The summed E-state index contributed by atoms with van der Waals surface area (Å²) in [6.45, 7) is 0.0486. The van der Waals surface area contributed by atoms with Crippen LogP contribution >= 0.6 is 11.8 Å². The lowest BCUT2D eigenvalue weighted by atomic mass is 10.2. The third kappa shape index (κ3) is 4.24. The minimum atomic E-state index is -0.877. The summed E-state index contributed by atoms with van der Waals surface area (Å²) in [5.41, 5.74) is 0.934. The van der Waals surface area contributed by atoms with Crippen LogP contribution in [0.3, 0.4) is 0 Å². The summed E-state index contributed by atoms with van der Waals surface area (Å²) >= 11 is 1.20. The molecule has 29 heavy (non-hydrogen) atoms. The Balaban J connectivity index is 1.32. The van der Waals surface area contributed by atoms with Gasteiger partial charge in [-0.15, -0.1) is 10.2 Å². The Kier molecular flexibility index (Phi) is 5.48. The molecule has 0 fully saturated rings. The van der Waals surface area contributed by atoms with E-state index in [2.05, 4.69) is 15.5 Å². The SMILES string of the molecule is Cn1c(SCC(=O)NC(=O)[C@@H]2COc3ccccc3O2)nnc1-c1ccccc1. The Morgan fingerprint density at radius 3 is 2.62 bits per heavy atom. The maximum Gasteiger partial charge on any atom is 0.271 e. The van der Waals surface area contributed by atoms with Crippen LogP contribution < -0.4 is 14.8 Å². The molecule has 2 heterocycles. The fourth-order valence-electron chi connectivity index (χ4n) is 2.81. The summed E-state index contributed by atoms with van der Waals surface area (Å²) in [5.74, 6) is 0.815. The van der Waals surface area contributed by atoms with Gasteiger partial charge in [-0.05, 0) is 12.1 Å². The third-order valence-corrected chi connectivity index (χ3v) is 5.28. The van der Waals surface area contributed by atoms with Crippen molar-refractivity contribution in [3.05, 3.63) is 54.6 Å². The van der Waals surface area contributed by atoms with E-state index in [-0.39, 0.29) is 12.4 Å². The molecule has 148 valence electrons. The quantitative estimate of drug-likeness (QED) is 0.643. The topological polar surface area (TPSA) is 95.3 Å². The zero-order valence-electron chi connectivity index (χ0n) is 15.6. The molecule has 1 N–H and O–H groups in total. The average molecular weight is 410 g/mol. The molecule has 9 heteroatoms. The summed E-state index contributed by atoms with van der Waals surface area (Å²) in [4.78, 5) is 24.5. The van der Waals surface area contributed by atoms with E-state index in [4.69, 9.17) is 9.47 Å². The highest BCUT2D eigenvalue weighted by molar-refractivity contribution is 7.99. The van der Waals surface area contributed by atoms with Gasteiger partial charge in [0.1, 0.15) is 6.61 Å². The predicted molar refractivity (Wildman–Crippen MR) is 107 cm³/mol. The van der Waals surface area contributed by atoms with E-state index < -0.39 is 17.9 Å². The molecule has 0 radical (unpaired) electrons. The van der Waals surface area contributed by atoms with Gasteiger partial charge in [0.05, 0.1) is 5.75 Å². The maximum atomic E-state index is 12.3. The van der Waals surface area contributed by atoms with Crippen molar-refractivity contribution in [2.45, 2.75) is 11.3 Å². The number of thioether (sulfide) groups is 1. The van der Waals surface area contributed by atoms with Gasteiger partial charge < -0.3 is 14.0 Å². The van der Waals surface area contributed by atoms with Gasteiger partial charge in [-0.25, -0.2) is 0 Å². The Morgan fingerprint density at radius 1 is 1.10 bits per heavy atom. The van der Waals surface area contributed by atoms with E-state index in [1.807, 2.05) is 48.0 Å². The van der Waals surface area contributed by atoms with Gasteiger partial charge in [-0.1, -0.05) is 54.2 Å². The van der Waals surface area contributed by atoms with Gasteiger partial charge >= 0.3 is 0 Å². The first-order valence-electron chi connectivity index (χ1n) is 8.91. The van der Waals surface area contributed by atoms with Gasteiger partial charge in [0.15, 0.2) is 22.5 Å². The Morgan fingerprint density at radius 2 is 1.83 bits per heavy atom. The minimum absolute atomic E-state index is 0.0245. The molecule has 3 aromatic rings. The van der Waals surface area contributed by atoms with E-state index in [0.29, 0.717) is 22.5 Å². The lowest BCUT2D eigenvalue weighted by molar-refractivity contribution is -0.135.